The highest BCUT2D eigenvalue weighted by atomic mass is 16.6. The van der Waals surface area contributed by atoms with Crippen molar-refractivity contribution in [1.82, 2.24) is 16.0 Å². The minimum Gasteiger partial charge on any atom is -0.444 e. The van der Waals surface area contributed by atoms with Crippen LogP contribution in [0, 0.1) is 0 Å². The zero-order valence-electron chi connectivity index (χ0n) is 22.8. The molecule has 8 nitrogen and oxygen atoms in total. The van der Waals surface area contributed by atoms with Crippen molar-refractivity contribution in [3.8, 4) is 0 Å². The number of ether oxygens (including phenoxy) is 2. The minimum absolute atomic E-state index is 0.205. The molecule has 0 fully saturated rings. The molecule has 2 atom stereocenters. The summed E-state index contributed by atoms with van der Waals surface area (Å²) in [6.45, 7) is 11.5. The van der Waals surface area contributed by atoms with Gasteiger partial charge in [0, 0.05) is 25.0 Å². The van der Waals surface area contributed by atoms with Crippen LogP contribution in [0.1, 0.15) is 59.1 Å². The molecule has 0 radical (unpaired) electrons. The van der Waals surface area contributed by atoms with Crippen molar-refractivity contribution in [1.29, 1.82) is 0 Å². The fourth-order valence-corrected chi connectivity index (χ4v) is 3.47. The third-order valence-corrected chi connectivity index (χ3v) is 5.08. The van der Waals surface area contributed by atoms with Gasteiger partial charge in [0.05, 0.1) is 6.61 Å². The number of rotatable bonds is 11. The minimum atomic E-state index is -0.952. The standard InChI is InChI=1S/C29H41N3O5/c1-28(2,3)32-26(34)24(19-21-13-9-7-10-14-21)30-25(33)23(31-27(35)37-29(4,5)6)17-18-36-20-22-15-11-8-12-16-22/h7-16,23-24H,17-20H2,1-6H3,(H,30,33)(H,31,35)(H,32,34)/t23-,24-/m0/s1. The Kier molecular flexibility index (Phi) is 11.1. The first-order valence-electron chi connectivity index (χ1n) is 12.6. The van der Waals surface area contributed by atoms with Crippen LogP contribution in [0.15, 0.2) is 60.7 Å². The summed E-state index contributed by atoms with van der Waals surface area (Å²) in [6.07, 6.45) is -0.205. The van der Waals surface area contributed by atoms with Gasteiger partial charge in [0.15, 0.2) is 0 Å². The van der Waals surface area contributed by atoms with E-state index in [1.165, 1.54) is 0 Å². The molecule has 0 saturated heterocycles. The number of amides is 3. The highest BCUT2D eigenvalue weighted by Gasteiger charge is 2.30. The van der Waals surface area contributed by atoms with Crippen LogP contribution >= 0.6 is 0 Å². The third kappa shape index (κ3) is 12.4. The molecule has 202 valence electrons. The Morgan fingerprint density at radius 2 is 1.32 bits per heavy atom. The highest BCUT2D eigenvalue weighted by Crippen LogP contribution is 2.10. The SMILES string of the molecule is CC(C)(C)NC(=O)[C@H](Cc1ccccc1)NC(=O)[C@H](CCOCc1ccccc1)NC(=O)OC(C)(C)C. The van der Waals surface area contributed by atoms with E-state index in [9.17, 15) is 14.4 Å². The zero-order valence-corrected chi connectivity index (χ0v) is 22.8. The molecule has 3 N–H and O–H groups in total. The van der Waals surface area contributed by atoms with E-state index < -0.39 is 35.2 Å². The molecule has 3 amide bonds. The molecule has 0 aliphatic rings. The number of hydrogen-bond donors (Lipinski definition) is 3. The van der Waals surface area contributed by atoms with E-state index in [4.69, 9.17) is 9.47 Å². The maximum atomic E-state index is 13.4. The maximum Gasteiger partial charge on any atom is 0.408 e. The molecule has 37 heavy (non-hydrogen) atoms. The molecule has 0 aliphatic heterocycles. The van der Waals surface area contributed by atoms with Crippen molar-refractivity contribution >= 4 is 17.9 Å². The molecule has 0 unspecified atom stereocenters. The number of carbonyl (C=O) groups is 3. The van der Waals surface area contributed by atoms with E-state index in [1.807, 2.05) is 81.4 Å². The maximum absolute atomic E-state index is 13.4. The lowest BCUT2D eigenvalue weighted by Gasteiger charge is -2.28. The normalized spacial score (nSPS) is 13.2. The van der Waals surface area contributed by atoms with Gasteiger partial charge in [0.25, 0.3) is 0 Å². The number of alkyl carbamates (subject to hydrolysis) is 1. The van der Waals surface area contributed by atoms with E-state index in [0.29, 0.717) is 13.0 Å². The smallest absolute Gasteiger partial charge is 0.408 e. The first-order chi connectivity index (χ1) is 17.3. The van der Waals surface area contributed by atoms with Crippen LogP contribution in [-0.2, 0) is 32.1 Å². The van der Waals surface area contributed by atoms with E-state index in [-0.39, 0.29) is 18.9 Å². The molecule has 0 saturated carbocycles. The van der Waals surface area contributed by atoms with Gasteiger partial charge in [0.2, 0.25) is 11.8 Å². The molecule has 0 heterocycles. The molecule has 0 aliphatic carbocycles. The number of nitrogens with one attached hydrogen (secondary N) is 3. The fraction of sp³-hybridized carbons (Fsp3) is 0.483. The molecular weight excluding hydrogens is 470 g/mol. The summed E-state index contributed by atoms with van der Waals surface area (Å²) in [6, 6.07) is 17.3. The molecule has 0 aromatic heterocycles. The average Bonchev–Trinajstić information content (AvgIpc) is 2.79. The number of hydrogen-bond acceptors (Lipinski definition) is 5. The summed E-state index contributed by atoms with van der Waals surface area (Å²) >= 11 is 0. The van der Waals surface area contributed by atoms with Gasteiger partial charge in [-0.15, -0.1) is 0 Å². The van der Waals surface area contributed by atoms with E-state index in [1.54, 1.807) is 20.8 Å². The first kappa shape index (κ1) is 29.8. The van der Waals surface area contributed by atoms with E-state index in [2.05, 4.69) is 16.0 Å². The Bertz CT molecular complexity index is 998. The van der Waals surface area contributed by atoms with Crippen LogP contribution in [0.25, 0.3) is 0 Å². The lowest BCUT2D eigenvalue weighted by molar-refractivity contribution is -0.131. The fourth-order valence-electron chi connectivity index (χ4n) is 3.47. The third-order valence-electron chi connectivity index (χ3n) is 5.08. The Labute approximate surface area is 220 Å². The summed E-state index contributed by atoms with van der Waals surface area (Å²) in [7, 11) is 0. The van der Waals surface area contributed by atoms with Crippen molar-refractivity contribution in [3.05, 3.63) is 71.8 Å². The first-order valence-corrected chi connectivity index (χ1v) is 12.6. The Balaban J connectivity index is 2.13. The molecule has 0 spiro atoms. The lowest BCUT2D eigenvalue weighted by atomic mass is 10.0. The van der Waals surface area contributed by atoms with Gasteiger partial charge < -0.3 is 25.4 Å². The number of benzene rings is 2. The van der Waals surface area contributed by atoms with Crippen LogP contribution in [0.5, 0.6) is 0 Å². The van der Waals surface area contributed by atoms with Crippen LogP contribution in [-0.4, -0.2) is 47.7 Å². The second-order valence-electron chi connectivity index (χ2n) is 11.0. The van der Waals surface area contributed by atoms with E-state index >= 15 is 0 Å². The summed E-state index contributed by atoms with van der Waals surface area (Å²) in [5.74, 6) is -0.791. The van der Waals surface area contributed by atoms with Crippen molar-refractivity contribution in [2.75, 3.05) is 6.61 Å². The Hall–Kier alpha value is -3.39. The highest BCUT2D eigenvalue weighted by molar-refractivity contribution is 5.91. The van der Waals surface area contributed by atoms with Crippen molar-refractivity contribution in [2.45, 2.75) is 84.2 Å². The van der Waals surface area contributed by atoms with Gasteiger partial charge in [-0.25, -0.2) is 4.79 Å². The summed E-state index contributed by atoms with van der Waals surface area (Å²) in [5, 5.41) is 8.42. The van der Waals surface area contributed by atoms with Gasteiger partial charge in [0.1, 0.15) is 17.7 Å². The molecule has 2 aromatic carbocycles. The van der Waals surface area contributed by atoms with Gasteiger partial charge >= 0.3 is 6.09 Å². The molecule has 2 rings (SSSR count). The topological polar surface area (TPSA) is 106 Å². The quantitative estimate of drug-likeness (QED) is 0.394. The van der Waals surface area contributed by atoms with Gasteiger partial charge in [-0.2, -0.15) is 0 Å². The lowest BCUT2D eigenvalue weighted by Crippen LogP contribution is -2.57. The second-order valence-corrected chi connectivity index (χ2v) is 11.0. The zero-order chi connectivity index (χ0) is 27.5. The summed E-state index contributed by atoms with van der Waals surface area (Å²) in [5.41, 5.74) is 0.707. The summed E-state index contributed by atoms with van der Waals surface area (Å²) < 4.78 is 11.1. The molecule has 8 heteroatoms. The largest absolute Gasteiger partial charge is 0.444 e. The molecule has 0 bridgehead atoms. The van der Waals surface area contributed by atoms with Crippen molar-refractivity contribution in [2.24, 2.45) is 0 Å². The predicted molar refractivity (Wildman–Crippen MR) is 144 cm³/mol. The van der Waals surface area contributed by atoms with Crippen molar-refractivity contribution in [3.63, 3.8) is 0 Å². The van der Waals surface area contributed by atoms with Crippen LogP contribution in [0.3, 0.4) is 0 Å². The summed E-state index contributed by atoms with van der Waals surface area (Å²) in [4.78, 5) is 38.9. The Morgan fingerprint density at radius 3 is 1.86 bits per heavy atom. The van der Waals surface area contributed by atoms with Gasteiger partial charge in [-0.3, -0.25) is 9.59 Å². The molecular formula is C29H41N3O5. The second kappa shape index (κ2) is 13.8. The van der Waals surface area contributed by atoms with Gasteiger partial charge in [-0.05, 0) is 52.7 Å². The monoisotopic (exact) mass is 511 g/mol. The van der Waals surface area contributed by atoms with E-state index in [0.717, 1.165) is 11.1 Å². The van der Waals surface area contributed by atoms with Crippen LogP contribution in [0.4, 0.5) is 4.79 Å². The predicted octanol–water partition coefficient (Wildman–Crippen LogP) is 4.13. The number of carbonyl (C=O) groups excluding carboxylic acids is 3. The van der Waals surface area contributed by atoms with Crippen LogP contribution in [0.2, 0.25) is 0 Å². The van der Waals surface area contributed by atoms with Crippen LogP contribution < -0.4 is 16.0 Å². The van der Waals surface area contributed by atoms with Gasteiger partial charge in [-0.1, -0.05) is 60.7 Å². The Morgan fingerprint density at radius 1 is 0.757 bits per heavy atom. The van der Waals surface area contributed by atoms with Crippen molar-refractivity contribution < 1.29 is 23.9 Å². The average molecular weight is 512 g/mol. The molecule has 2 aromatic rings.